The van der Waals surface area contributed by atoms with E-state index < -0.39 is 0 Å². The van der Waals surface area contributed by atoms with Crippen molar-refractivity contribution >= 4 is 17.5 Å². The number of ketones is 1. The fourth-order valence-corrected chi connectivity index (χ4v) is 4.07. The lowest BCUT2D eigenvalue weighted by Gasteiger charge is -2.17. The average Bonchev–Trinajstić information content (AvgIpc) is 3.24. The van der Waals surface area contributed by atoms with E-state index in [1.165, 1.54) is 30.2 Å². The Kier molecular flexibility index (Phi) is 6.14. The second-order valence-electron chi connectivity index (χ2n) is 7.92. The molecular formula is C20H28N4OS. The topological polar surface area (TPSA) is 51.0 Å². The van der Waals surface area contributed by atoms with Gasteiger partial charge in [0, 0.05) is 5.41 Å². The fourth-order valence-electron chi connectivity index (χ4n) is 2.95. The maximum absolute atomic E-state index is 12.3. The van der Waals surface area contributed by atoms with Gasteiger partial charge in [-0.15, -0.1) is 10.2 Å². The van der Waals surface area contributed by atoms with Gasteiger partial charge in [-0.05, 0) is 31.5 Å². The lowest BCUT2D eigenvalue weighted by molar-refractivity contribution is -0.123. The van der Waals surface area contributed by atoms with Crippen molar-refractivity contribution in [3.8, 4) is 0 Å². The van der Waals surface area contributed by atoms with Crippen LogP contribution >= 0.6 is 11.8 Å². The number of rotatable bonds is 7. The largest absolute Gasteiger partial charge is 0.300 e. The number of nitrogens with zero attached hydrogens (tertiary/aromatic N) is 4. The first-order chi connectivity index (χ1) is 12.4. The zero-order valence-electron chi connectivity index (χ0n) is 15.9. The average molecular weight is 373 g/mol. The van der Waals surface area contributed by atoms with Gasteiger partial charge >= 0.3 is 0 Å². The van der Waals surface area contributed by atoms with Crippen LogP contribution in [0.2, 0.25) is 0 Å². The van der Waals surface area contributed by atoms with Gasteiger partial charge < -0.3 is 4.57 Å². The minimum absolute atomic E-state index is 0.234. The molecule has 0 unspecified atom stereocenters. The van der Waals surface area contributed by atoms with Crippen molar-refractivity contribution in [3.63, 3.8) is 0 Å². The van der Waals surface area contributed by atoms with Crippen molar-refractivity contribution in [2.45, 2.75) is 51.9 Å². The lowest BCUT2D eigenvalue weighted by Crippen LogP contribution is -2.23. The number of carbonyl (C=O) groups is 1. The highest BCUT2D eigenvalue weighted by atomic mass is 32.2. The van der Waals surface area contributed by atoms with E-state index in [-0.39, 0.29) is 11.2 Å². The molecule has 0 saturated carbocycles. The molecule has 1 aliphatic heterocycles. The van der Waals surface area contributed by atoms with Gasteiger partial charge in [0.1, 0.15) is 11.6 Å². The molecular weight excluding hydrogens is 344 g/mol. The summed E-state index contributed by atoms with van der Waals surface area (Å²) in [5.41, 5.74) is 0.898. The Labute approximate surface area is 160 Å². The highest BCUT2D eigenvalue weighted by Crippen LogP contribution is 2.24. The minimum Gasteiger partial charge on any atom is -0.300 e. The molecule has 1 saturated heterocycles. The molecule has 0 bridgehead atoms. The quantitative estimate of drug-likeness (QED) is 0.695. The normalized spacial score (nSPS) is 15.5. The Balaban J connectivity index is 1.78. The Bertz CT molecular complexity index is 730. The Morgan fingerprint density at radius 1 is 1.08 bits per heavy atom. The monoisotopic (exact) mass is 372 g/mol. The molecule has 1 aromatic carbocycles. The van der Waals surface area contributed by atoms with Gasteiger partial charge in [-0.2, -0.15) is 0 Å². The first-order valence-electron chi connectivity index (χ1n) is 9.28. The number of Topliss-reactive ketones (excluding diaryl/α,β-unsaturated/α-hetero) is 1. The van der Waals surface area contributed by atoms with Crippen LogP contribution in [0.1, 0.15) is 45.0 Å². The van der Waals surface area contributed by atoms with Crippen LogP contribution in [0.5, 0.6) is 0 Å². The summed E-state index contributed by atoms with van der Waals surface area (Å²) < 4.78 is 2.17. The Morgan fingerprint density at radius 2 is 1.77 bits per heavy atom. The van der Waals surface area contributed by atoms with E-state index in [0.29, 0.717) is 5.75 Å². The highest BCUT2D eigenvalue weighted by Gasteiger charge is 2.23. The zero-order valence-corrected chi connectivity index (χ0v) is 16.8. The summed E-state index contributed by atoms with van der Waals surface area (Å²) in [5, 5.41) is 9.69. The Hall–Kier alpha value is -1.66. The third-order valence-electron chi connectivity index (χ3n) is 4.71. The Morgan fingerprint density at radius 3 is 2.42 bits per heavy atom. The molecule has 2 aromatic rings. The maximum Gasteiger partial charge on any atom is 0.191 e. The maximum atomic E-state index is 12.3. The second kappa shape index (κ2) is 8.35. The summed E-state index contributed by atoms with van der Waals surface area (Å²) >= 11 is 1.50. The number of aromatic nitrogens is 3. The van der Waals surface area contributed by atoms with Gasteiger partial charge in [-0.3, -0.25) is 9.69 Å². The molecule has 0 aliphatic carbocycles. The minimum atomic E-state index is -0.324. The van der Waals surface area contributed by atoms with E-state index in [0.717, 1.165) is 37.2 Å². The van der Waals surface area contributed by atoms with Gasteiger partial charge in [-0.1, -0.05) is 62.9 Å². The van der Waals surface area contributed by atoms with Crippen molar-refractivity contribution in [1.29, 1.82) is 0 Å². The van der Waals surface area contributed by atoms with Crippen LogP contribution in [-0.2, 0) is 17.9 Å². The van der Waals surface area contributed by atoms with E-state index in [1.807, 2.05) is 26.8 Å². The second-order valence-corrected chi connectivity index (χ2v) is 8.86. The number of benzene rings is 1. The van der Waals surface area contributed by atoms with Gasteiger partial charge in [-0.25, -0.2) is 0 Å². The van der Waals surface area contributed by atoms with Crippen molar-refractivity contribution in [2.75, 3.05) is 18.8 Å². The van der Waals surface area contributed by atoms with Gasteiger partial charge in [0.25, 0.3) is 0 Å². The van der Waals surface area contributed by atoms with Crippen LogP contribution < -0.4 is 0 Å². The van der Waals surface area contributed by atoms with Crippen LogP contribution in [-0.4, -0.2) is 44.3 Å². The summed E-state index contributed by atoms with van der Waals surface area (Å²) in [6, 6.07) is 10.4. The molecule has 0 spiro atoms. The highest BCUT2D eigenvalue weighted by molar-refractivity contribution is 7.99. The molecule has 0 atom stereocenters. The lowest BCUT2D eigenvalue weighted by atomic mass is 9.92. The molecule has 1 aromatic heterocycles. The SMILES string of the molecule is CC(C)(C)C(=O)CSc1nnc(CN2CCCC2)n1Cc1ccccc1. The van der Waals surface area contributed by atoms with Crippen molar-refractivity contribution < 1.29 is 4.79 Å². The predicted molar refractivity (Wildman–Crippen MR) is 105 cm³/mol. The summed E-state index contributed by atoms with van der Waals surface area (Å²) in [5.74, 6) is 1.65. The van der Waals surface area contributed by atoms with Gasteiger partial charge in [0.2, 0.25) is 0 Å². The first-order valence-corrected chi connectivity index (χ1v) is 10.3. The number of carbonyl (C=O) groups excluding carboxylic acids is 1. The van der Waals surface area contributed by atoms with Crippen LogP contribution in [0.3, 0.4) is 0 Å². The van der Waals surface area contributed by atoms with Crippen LogP contribution in [0.4, 0.5) is 0 Å². The fraction of sp³-hybridized carbons (Fsp3) is 0.550. The number of likely N-dealkylation sites (tertiary alicyclic amines) is 1. The third kappa shape index (κ3) is 4.95. The van der Waals surface area contributed by atoms with E-state index in [1.54, 1.807) is 0 Å². The summed E-state index contributed by atoms with van der Waals surface area (Å²) in [7, 11) is 0. The summed E-state index contributed by atoms with van der Waals surface area (Å²) in [6.07, 6.45) is 2.52. The molecule has 0 N–H and O–H groups in total. The van der Waals surface area contributed by atoms with Gasteiger partial charge in [0.15, 0.2) is 5.16 Å². The molecule has 1 aliphatic rings. The van der Waals surface area contributed by atoms with Crippen molar-refractivity contribution in [2.24, 2.45) is 5.41 Å². The van der Waals surface area contributed by atoms with E-state index in [9.17, 15) is 4.79 Å². The molecule has 1 fully saturated rings. The third-order valence-corrected chi connectivity index (χ3v) is 5.68. The molecule has 26 heavy (non-hydrogen) atoms. The zero-order chi connectivity index (χ0) is 18.6. The van der Waals surface area contributed by atoms with E-state index >= 15 is 0 Å². The first kappa shape index (κ1) is 19.1. The number of hydrogen-bond donors (Lipinski definition) is 0. The molecule has 0 amide bonds. The molecule has 3 rings (SSSR count). The summed E-state index contributed by atoms with van der Waals surface area (Å²) in [6.45, 7) is 9.71. The van der Waals surface area contributed by atoms with Crippen molar-refractivity contribution in [3.05, 3.63) is 41.7 Å². The van der Waals surface area contributed by atoms with E-state index in [2.05, 4.69) is 43.9 Å². The molecule has 2 heterocycles. The molecule has 140 valence electrons. The summed E-state index contributed by atoms with van der Waals surface area (Å²) in [4.78, 5) is 14.7. The van der Waals surface area contributed by atoms with Gasteiger partial charge in [0.05, 0.1) is 18.8 Å². The number of hydrogen-bond acceptors (Lipinski definition) is 5. The van der Waals surface area contributed by atoms with E-state index in [4.69, 9.17) is 0 Å². The van der Waals surface area contributed by atoms with Crippen molar-refractivity contribution in [1.82, 2.24) is 19.7 Å². The standard InChI is InChI=1S/C20H28N4OS/c1-20(2,3)17(25)15-26-19-22-21-18(14-23-11-7-8-12-23)24(19)13-16-9-5-4-6-10-16/h4-6,9-10H,7-8,11-15H2,1-3H3. The van der Waals surface area contributed by atoms with Crippen LogP contribution in [0.15, 0.2) is 35.5 Å². The van der Waals surface area contributed by atoms with Crippen LogP contribution in [0.25, 0.3) is 0 Å². The molecule has 5 nitrogen and oxygen atoms in total. The molecule has 0 radical (unpaired) electrons. The van der Waals surface area contributed by atoms with Crippen LogP contribution in [0, 0.1) is 5.41 Å². The molecule has 6 heteroatoms. The smallest absolute Gasteiger partial charge is 0.191 e. The predicted octanol–water partition coefficient (Wildman–Crippen LogP) is 3.63. The number of thioether (sulfide) groups is 1.